The van der Waals surface area contributed by atoms with Gasteiger partial charge in [0.15, 0.2) is 0 Å². The maximum atomic E-state index is 2.47. The smallest absolute Gasteiger partial charge is 0.0714 e. The first-order valence-corrected chi connectivity index (χ1v) is 21.8. The van der Waals surface area contributed by atoms with Gasteiger partial charge in [0.05, 0.1) is 16.4 Å². The fourth-order valence-electron chi connectivity index (χ4n) is 10.3. The predicted octanol–water partition coefficient (Wildman–Crippen LogP) is 16.0. The van der Waals surface area contributed by atoms with Crippen molar-refractivity contribution in [1.82, 2.24) is 4.57 Å². The summed E-state index contributed by atoms with van der Waals surface area (Å²) < 4.78 is 2.40. The third-order valence-corrected chi connectivity index (χ3v) is 13.0. The van der Waals surface area contributed by atoms with Gasteiger partial charge in [-0.25, -0.2) is 0 Å². The summed E-state index contributed by atoms with van der Waals surface area (Å²) in [6.07, 6.45) is 0. The molecular weight excluding hydrogens is 761 g/mol. The van der Waals surface area contributed by atoms with Gasteiger partial charge >= 0.3 is 0 Å². The number of hydrogen-bond acceptors (Lipinski definition) is 1. The summed E-state index contributed by atoms with van der Waals surface area (Å²) in [7, 11) is 0. The quantitative estimate of drug-likeness (QED) is 0.149. The molecule has 1 aromatic heterocycles. The van der Waals surface area contributed by atoms with E-state index in [0.29, 0.717) is 0 Å². The van der Waals surface area contributed by atoms with Crippen molar-refractivity contribution in [2.75, 3.05) is 4.90 Å². The van der Waals surface area contributed by atoms with Gasteiger partial charge in [-0.15, -0.1) is 0 Å². The molecule has 10 aromatic carbocycles. The van der Waals surface area contributed by atoms with Crippen molar-refractivity contribution in [2.45, 2.75) is 5.41 Å². The molecular formula is C61H42N2. The summed E-state index contributed by atoms with van der Waals surface area (Å²) in [5, 5.41) is 2.51. The highest BCUT2D eigenvalue weighted by Crippen LogP contribution is 2.58. The standard InChI is InChI=1S/C61H42N2/c1-6-21-47(22-7-1)61(48-23-8-2-9-24-48)57-40-45(33-36-53(57)54-38-35-52(42-58(54)61)62(49-25-10-3-11-26-49)50-27-12-4-13-28-50)43-19-18-20-44(39-43)46-34-37-56-55-31-16-17-32-59(55)63(60(56)41-46)51-29-14-5-15-30-51/h1-42H. The number of rotatable bonds is 8. The Labute approximate surface area is 368 Å². The van der Waals surface area contributed by atoms with Crippen molar-refractivity contribution in [2.24, 2.45) is 0 Å². The normalized spacial score (nSPS) is 12.6. The highest BCUT2D eigenvalue weighted by molar-refractivity contribution is 6.10. The van der Waals surface area contributed by atoms with Crippen molar-refractivity contribution in [3.8, 4) is 39.1 Å². The minimum absolute atomic E-state index is 0.578. The summed E-state index contributed by atoms with van der Waals surface area (Å²) >= 11 is 0. The van der Waals surface area contributed by atoms with Crippen LogP contribution in [-0.2, 0) is 5.41 Å². The van der Waals surface area contributed by atoms with E-state index >= 15 is 0 Å². The van der Waals surface area contributed by atoms with Crippen LogP contribution >= 0.6 is 0 Å². The molecule has 0 amide bonds. The summed E-state index contributed by atoms with van der Waals surface area (Å²) in [5.41, 5.74) is 18.7. The number of hydrogen-bond donors (Lipinski definition) is 0. The maximum Gasteiger partial charge on any atom is 0.0714 e. The molecule has 0 saturated carbocycles. The Morgan fingerprint density at radius 1 is 0.302 bits per heavy atom. The SMILES string of the molecule is c1ccc(N(c2ccccc2)c2ccc3c(c2)C(c2ccccc2)(c2ccccc2)c2cc(-c4cccc(-c5ccc6c7ccccc7n(-c7ccccc7)c6c5)c4)ccc2-3)cc1. The Bertz CT molecular complexity index is 3350. The van der Waals surface area contributed by atoms with Crippen LogP contribution in [0, 0.1) is 0 Å². The van der Waals surface area contributed by atoms with E-state index in [1.165, 1.54) is 77.4 Å². The second kappa shape index (κ2) is 15.1. The Kier molecular flexibility index (Phi) is 8.76. The minimum atomic E-state index is -0.578. The van der Waals surface area contributed by atoms with Crippen LogP contribution < -0.4 is 4.90 Å². The first-order valence-electron chi connectivity index (χ1n) is 21.8. The number of anilines is 3. The van der Waals surface area contributed by atoms with Gasteiger partial charge in [-0.05, 0) is 128 Å². The molecule has 0 aliphatic heterocycles. The van der Waals surface area contributed by atoms with Gasteiger partial charge in [0.1, 0.15) is 0 Å². The summed E-state index contributed by atoms with van der Waals surface area (Å²) in [4.78, 5) is 2.37. The molecule has 0 spiro atoms. The minimum Gasteiger partial charge on any atom is -0.310 e. The monoisotopic (exact) mass is 802 g/mol. The van der Waals surface area contributed by atoms with Crippen LogP contribution in [0.2, 0.25) is 0 Å². The van der Waals surface area contributed by atoms with Crippen molar-refractivity contribution in [3.05, 3.63) is 277 Å². The molecule has 0 radical (unpaired) electrons. The first kappa shape index (κ1) is 36.6. The second-order valence-electron chi connectivity index (χ2n) is 16.5. The lowest BCUT2D eigenvalue weighted by Gasteiger charge is -2.35. The molecule has 63 heavy (non-hydrogen) atoms. The molecule has 11 aromatic rings. The third-order valence-electron chi connectivity index (χ3n) is 13.0. The maximum absolute atomic E-state index is 2.47. The van der Waals surface area contributed by atoms with Crippen LogP contribution in [0.1, 0.15) is 22.3 Å². The van der Waals surface area contributed by atoms with Gasteiger partial charge in [-0.1, -0.05) is 182 Å². The molecule has 2 nitrogen and oxygen atoms in total. The van der Waals surface area contributed by atoms with E-state index in [1.54, 1.807) is 0 Å². The van der Waals surface area contributed by atoms with E-state index < -0.39 is 5.41 Å². The number of aromatic nitrogens is 1. The second-order valence-corrected chi connectivity index (χ2v) is 16.5. The molecule has 0 atom stereocenters. The highest BCUT2D eigenvalue weighted by atomic mass is 15.1. The average Bonchev–Trinajstić information content (AvgIpc) is 3.85. The zero-order chi connectivity index (χ0) is 41.7. The molecule has 12 rings (SSSR count). The molecule has 2 heteroatoms. The number of benzene rings is 10. The van der Waals surface area contributed by atoms with Gasteiger partial charge in [-0.2, -0.15) is 0 Å². The van der Waals surface area contributed by atoms with Gasteiger partial charge < -0.3 is 9.47 Å². The average molecular weight is 803 g/mol. The van der Waals surface area contributed by atoms with E-state index in [0.717, 1.165) is 22.7 Å². The molecule has 0 N–H and O–H groups in total. The lowest BCUT2D eigenvalue weighted by atomic mass is 9.67. The van der Waals surface area contributed by atoms with Gasteiger partial charge in [0.2, 0.25) is 0 Å². The Hall–Kier alpha value is -8.20. The van der Waals surface area contributed by atoms with Crippen LogP contribution in [0.25, 0.3) is 60.9 Å². The lowest BCUT2D eigenvalue weighted by molar-refractivity contribution is 0.768. The molecule has 1 aliphatic rings. The van der Waals surface area contributed by atoms with Crippen LogP contribution in [0.4, 0.5) is 17.1 Å². The summed E-state index contributed by atoms with van der Waals surface area (Å²) in [6.45, 7) is 0. The summed E-state index contributed by atoms with van der Waals surface area (Å²) in [6, 6.07) is 93.3. The molecule has 0 fully saturated rings. The Morgan fingerprint density at radius 3 is 1.41 bits per heavy atom. The van der Waals surface area contributed by atoms with E-state index in [-0.39, 0.29) is 0 Å². The van der Waals surface area contributed by atoms with E-state index in [4.69, 9.17) is 0 Å². The van der Waals surface area contributed by atoms with Crippen molar-refractivity contribution < 1.29 is 0 Å². The zero-order valence-corrected chi connectivity index (χ0v) is 34.6. The van der Waals surface area contributed by atoms with Crippen LogP contribution in [0.15, 0.2) is 255 Å². The number of nitrogens with zero attached hydrogens (tertiary/aromatic N) is 2. The van der Waals surface area contributed by atoms with Crippen LogP contribution in [0.3, 0.4) is 0 Å². The number of fused-ring (bicyclic) bond motifs is 6. The molecule has 1 aliphatic carbocycles. The van der Waals surface area contributed by atoms with Gasteiger partial charge in [-0.3, -0.25) is 0 Å². The zero-order valence-electron chi connectivity index (χ0n) is 34.6. The van der Waals surface area contributed by atoms with Crippen molar-refractivity contribution in [1.29, 1.82) is 0 Å². The first-order chi connectivity index (χ1) is 31.3. The molecule has 0 saturated heterocycles. The molecule has 296 valence electrons. The molecule has 0 bridgehead atoms. The highest BCUT2D eigenvalue weighted by Gasteiger charge is 2.46. The van der Waals surface area contributed by atoms with Crippen molar-refractivity contribution in [3.63, 3.8) is 0 Å². The topological polar surface area (TPSA) is 8.17 Å². The van der Waals surface area contributed by atoms with E-state index in [2.05, 4.69) is 264 Å². The molecule has 1 heterocycles. The molecule has 0 unspecified atom stereocenters. The number of para-hydroxylation sites is 4. The van der Waals surface area contributed by atoms with Crippen LogP contribution in [-0.4, -0.2) is 4.57 Å². The van der Waals surface area contributed by atoms with Gasteiger partial charge in [0, 0.05) is 33.5 Å². The fourth-order valence-corrected chi connectivity index (χ4v) is 10.3. The fraction of sp³-hybridized carbons (Fsp3) is 0.0164. The van der Waals surface area contributed by atoms with E-state index in [9.17, 15) is 0 Å². The van der Waals surface area contributed by atoms with E-state index in [1.807, 2.05) is 0 Å². The Morgan fingerprint density at radius 2 is 0.778 bits per heavy atom. The largest absolute Gasteiger partial charge is 0.310 e. The van der Waals surface area contributed by atoms with Gasteiger partial charge in [0.25, 0.3) is 0 Å². The van der Waals surface area contributed by atoms with Crippen molar-refractivity contribution >= 4 is 38.9 Å². The third kappa shape index (κ3) is 5.95. The van der Waals surface area contributed by atoms with Crippen LogP contribution in [0.5, 0.6) is 0 Å². The summed E-state index contributed by atoms with van der Waals surface area (Å²) in [5.74, 6) is 0. The predicted molar refractivity (Wildman–Crippen MR) is 264 cm³/mol. The Balaban J connectivity index is 1.04. The lowest BCUT2D eigenvalue weighted by Crippen LogP contribution is -2.28.